The fourth-order valence-electron chi connectivity index (χ4n) is 1.50. The van der Waals surface area contributed by atoms with Gasteiger partial charge in [0.2, 0.25) is 0 Å². The maximum absolute atomic E-state index is 3.51. The van der Waals surface area contributed by atoms with E-state index in [9.17, 15) is 0 Å². The normalized spacial score (nSPS) is 10.7. The Kier molecular flexibility index (Phi) is 14.4. The van der Waals surface area contributed by atoms with E-state index in [-0.39, 0.29) is 0 Å². The molecule has 0 atom stereocenters. The zero-order valence-corrected chi connectivity index (χ0v) is 11.8. The summed E-state index contributed by atoms with van der Waals surface area (Å²) in [6.07, 6.45) is 11.1. The van der Waals surface area contributed by atoms with Gasteiger partial charge in [0.15, 0.2) is 0 Å². The Balaban J connectivity index is 2.78. The van der Waals surface area contributed by atoms with Crippen LogP contribution in [0.5, 0.6) is 0 Å². The molecule has 2 heteroatoms. The first-order valence-corrected chi connectivity index (χ1v) is 7.71. The molecule has 0 spiro atoms. The van der Waals surface area contributed by atoms with E-state index >= 15 is 0 Å². The third-order valence-corrected chi connectivity index (χ3v) is 3.21. The Labute approximate surface area is 104 Å². The Morgan fingerprint density at radius 3 is 2.00 bits per heavy atom. The lowest BCUT2D eigenvalue weighted by atomic mass is 10.1. The first kappa shape index (κ1) is 14.7. The standard InChI is InChI=1S/C12H26IN/c1-2-3-4-5-6-8-11-14-12-9-7-10-13/h14H,2-12H2,1H3. The van der Waals surface area contributed by atoms with Crippen LogP contribution in [0.2, 0.25) is 0 Å². The molecule has 0 aliphatic heterocycles. The lowest BCUT2D eigenvalue weighted by molar-refractivity contribution is 0.564. The van der Waals surface area contributed by atoms with Crippen molar-refractivity contribution in [1.29, 1.82) is 0 Å². The summed E-state index contributed by atoms with van der Waals surface area (Å²) in [6, 6.07) is 0. The highest BCUT2D eigenvalue weighted by molar-refractivity contribution is 14.1. The molecule has 0 rings (SSSR count). The Morgan fingerprint density at radius 2 is 1.36 bits per heavy atom. The fraction of sp³-hybridized carbons (Fsp3) is 1.00. The van der Waals surface area contributed by atoms with Crippen molar-refractivity contribution in [1.82, 2.24) is 5.32 Å². The molecule has 0 fully saturated rings. The Bertz CT molecular complexity index is 84.3. The summed E-state index contributed by atoms with van der Waals surface area (Å²) in [5.41, 5.74) is 0. The van der Waals surface area contributed by atoms with E-state index in [2.05, 4.69) is 34.8 Å². The number of alkyl halides is 1. The van der Waals surface area contributed by atoms with Crippen LogP contribution in [0.4, 0.5) is 0 Å². The van der Waals surface area contributed by atoms with Gasteiger partial charge in [-0.3, -0.25) is 0 Å². The first-order valence-electron chi connectivity index (χ1n) is 6.18. The van der Waals surface area contributed by atoms with E-state index in [1.54, 1.807) is 0 Å². The van der Waals surface area contributed by atoms with Crippen LogP contribution in [0.1, 0.15) is 58.3 Å². The maximum Gasteiger partial charge on any atom is -0.000426 e. The van der Waals surface area contributed by atoms with Crippen molar-refractivity contribution in [3.05, 3.63) is 0 Å². The van der Waals surface area contributed by atoms with Gasteiger partial charge < -0.3 is 5.32 Å². The number of hydrogen-bond acceptors (Lipinski definition) is 1. The molecule has 86 valence electrons. The van der Waals surface area contributed by atoms with Crippen LogP contribution in [-0.4, -0.2) is 17.5 Å². The summed E-state index contributed by atoms with van der Waals surface area (Å²) >= 11 is 2.45. The van der Waals surface area contributed by atoms with Gasteiger partial charge in [0.1, 0.15) is 0 Å². The van der Waals surface area contributed by atoms with Gasteiger partial charge in [-0.2, -0.15) is 0 Å². The highest BCUT2D eigenvalue weighted by Crippen LogP contribution is 2.04. The third-order valence-electron chi connectivity index (χ3n) is 2.44. The monoisotopic (exact) mass is 311 g/mol. The van der Waals surface area contributed by atoms with Crippen LogP contribution in [0, 0.1) is 0 Å². The summed E-state index contributed by atoms with van der Waals surface area (Å²) in [5, 5.41) is 3.51. The number of nitrogens with one attached hydrogen (secondary N) is 1. The van der Waals surface area contributed by atoms with Crippen LogP contribution in [0.25, 0.3) is 0 Å². The van der Waals surface area contributed by atoms with Crippen LogP contribution in [0.3, 0.4) is 0 Å². The van der Waals surface area contributed by atoms with Crippen molar-refractivity contribution in [3.8, 4) is 0 Å². The van der Waals surface area contributed by atoms with Crippen LogP contribution in [0.15, 0.2) is 0 Å². The molecule has 0 saturated heterocycles. The highest BCUT2D eigenvalue weighted by atomic mass is 127. The van der Waals surface area contributed by atoms with Crippen molar-refractivity contribution in [2.75, 3.05) is 17.5 Å². The summed E-state index contributed by atoms with van der Waals surface area (Å²) in [4.78, 5) is 0. The lowest BCUT2D eigenvalue weighted by Crippen LogP contribution is -2.16. The van der Waals surface area contributed by atoms with E-state index in [1.165, 1.54) is 68.9 Å². The van der Waals surface area contributed by atoms with Crippen LogP contribution >= 0.6 is 22.6 Å². The quantitative estimate of drug-likeness (QED) is 0.343. The van der Waals surface area contributed by atoms with Gasteiger partial charge in [0.05, 0.1) is 0 Å². The molecule has 0 aliphatic carbocycles. The van der Waals surface area contributed by atoms with Gasteiger partial charge in [0.25, 0.3) is 0 Å². The molecule has 0 aromatic heterocycles. The molecule has 0 aliphatic rings. The van der Waals surface area contributed by atoms with Gasteiger partial charge in [-0.05, 0) is 36.8 Å². The first-order chi connectivity index (χ1) is 6.91. The van der Waals surface area contributed by atoms with E-state index in [0.29, 0.717) is 0 Å². The van der Waals surface area contributed by atoms with Crippen molar-refractivity contribution < 1.29 is 0 Å². The number of unbranched alkanes of at least 4 members (excludes halogenated alkanes) is 6. The minimum atomic E-state index is 1.22. The summed E-state index contributed by atoms with van der Waals surface area (Å²) < 4.78 is 1.30. The number of halogens is 1. The summed E-state index contributed by atoms with van der Waals surface area (Å²) in [6.45, 7) is 4.72. The second kappa shape index (κ2) is 13.7. The van der Waals surface area contributed by atoms with E-state index < -0.39 is 0 Å². The zero-order valence-electron chi connectivity index (χ0n) is 9.66. The number of rotatable bonds is 11. The minimum Gasteiger partial charge on any atom is -0.317 e. The SMILES string of the molecule is CCCCCCCCNCCCCI. The second-order valence-electron chi connectivity index (χ2n) is 3.91. The molecule has 1 N–H and O–H groups in total. The molecular weight excluding hydrogens is 285 g/mol. The molecule has 14 heavy (non-hydrogen) atoms. The fourth-order valence-corrected chi connectivity index (χ4v) is 2.04. The Morgan fingerprint density at radius 1 is 0.786 bits per heavy atom. The average Bonchev–Trinajstić information content (AvgIpc) is 2.21. The molecule has 1 nitrogen and oxygen atoms in total. The van der Waals surface area contributed by atoms with E-state index in [0.717, 1.165) is 0 Å². The van der Waals surface area contributed by atoms with Crippen LogP contribution < -0.4 is 5.32 Å². The van der Waals surface area contributed by atoms with Gasteiger partial charge in [-0.1, -0.05) is 61.6 Å². The molecule has 0 aromatic rings. The van der Waals surface area contributed by atoms with Crippen molar-refractivity contribution in [2.45, 2.75) is 58.3 Å². The van der Waals surface area contributed by atoms with Gasteiger partial charge in [-0.15, -0.1) is 0 Å². The zero-order chi connectivity index (χ0) is 10.5. The molecule has 0 amide bonds. The predicted molar refractivity (Wildman–Crippen MR) is 74.4 cm³/mol. The van der Waals surface area contributed by atoms with E-state index in [1.807, 2.05) is 0 Å². The second-order valence-corrected chi connectivity index (χ2v) is 4.99. The summed E-state index contributed by atoms with van der Waals surface area (Å²) in [7, 11) is 0. The average molecular weight is 311 g/mol. The number of hydrogen-bond donors (Lipinski definition) is 1. The highest BCUT2D eigenvalue weighted by Gasteiger charge is 1.90. The smallest absolute Gasteiger partial charge is 0.000426 e. The van der Waals surface area contributed by atoms with Crippen molar-refractivity contribution >= 4 is 22.6 Å². The van der Waals surface area contributed by atoms with Gasteiger partial charge >= 0.3 is 0 Å². The Hall–Kier alpha value is 0.690. The van der Waals surface area contributed by atoms with Crippen molar-refractivity contribution in [3.63, 3.8) is 0 Å². The van der Waals surface area contributed by atoms with Crippen LogP contribution in [-0.2, 0) is 0 Å². The molecular formula is C12H26IN. The summed E-state index contributed by atoms with van der Waals surface area (Å²) in [5.74, 6) is 0. The minimum absolute atomic E-state index is 1.22. The largest absolute Gasteiger partial charge is 0.317 e. The maximum atomic E-state index is 3.51. The lowest BCUT2D eigenvalue weighted by Gasteiger charge is -2.03. The molecule has 0 saturated carbocycles. The molecule has 0 bridgehead atoms. The molecule has 0 unspecified atom stereocenters. The molecule has 0 aromatic carbocycles. The molecule has 0 radical (unpaired) electrons. The molecule has 0 heterocycles. The van der Waals surface area contributed by atoms with Gasteiger partial charge in [-0.25, -0.2) is 0 Å². The van der Waals surface area contributed by atoms with E-state index in [4.69, 9.17) is 0 Å². The topological polar surface area (TPSA) is 12.0 Å². The predicted octanol–water partition coefficient (Wildman–Crippen LogP) is 4.15. The third kappa shape index (κ3) is 12.7. The van der Waals surface area contributed by atoms with Gasteiger partial charge in [0, 0.05) is 0 Å². The van der Waals surface area contributed by atoms with Crippen molar-refractivity contribution in [2.24, 2.45) is 0 Å².